The van der Waals surface area contributed by atoms with E-state index in [4.69, 9.17) is 0 Å². The number of benzene rings is 5. The molecule has 1 aromatic heterocycles. The Kier molecular flexibility index (Phi) is 4.89. The second-order valence-corrected chi connectivity index (χ2v) is 11.0. The minimum atomic E-state index is 0.0887. The first kappa shape index (κ1) is 21.2. The van der Waals surface area contributed by atoms with E-state index in [1.807, 2.05) is 0 Å². The highest BCUT2D eigenvalue weighted by atomic mass is 79.9. The Balaban J connectivity index is 1.71. The van der Waals surface area contributed by atoms with E-state index in [2.05, 4.69) is 144 Å². The molecule has 0 saturated heterocycles. The van der Waals surface area contributed by atoms with Crippen molar-refractivity contribution in [3.05, 3.63) is 113 Å². The van der Waals surface area contributed by atoms with Gasteiger partial charge in [-0.15, -0.1) is 0 Å². The van der Waals surface area contributed by atoms with Crippen LogP contribution in [0.4, 0.5) is 0 Å². The Morgan fingerprint density at radius 3 is 2.00 bits per heavy atom. The number of halogens is 1. The Hall–Kier alpha value is -3.36. The van der Waals surface area contributed by atoms with Gasteiger partial charge in [-0.05, 0) is 70.0 Å². The fourth-order valence-electron chi connectivity index (χ4n) is 4.97. The minimum absolute atomic E-state index is 0.0887. The highest BCUT2D eigenvalue weighted by Crippen LogP contribution is 2.38. The van der Waals surface area contributed by atoms with Crippen molar-refractivity contribution in [1.82, 2.24) is 4.57 Å². The molecule has 1 heterocycles. The van der Waals surface area contributed by atoms with Crippen LogP contribution < -0.4 is 0 Å². The lowest BCUT2D eigenvalue weighted by Crippen LogP contribution is -2.10. The van der Waals surface area contributed by atoms with Crippen molar-refractivity contribution in [3.8, 4) is 16.8 Å². The Labute approximate surface area is 208 Å². The van der Waals surface area contributed by atoms with Gasteiger partial charge in [0.05, 0.1) is 16.7 Å². The topological polar surface area (TPSA) is 4.93 Å². The van der Waals surface area contributed by atoms with Gasteiger partial charge in [0.25, 0.3) is 0 Å². The molecule has 0 radical (unpaired) electrons. The number of fused-ring (bicyclic) bond motifs is 4. The lowest BCUT2D eigenvalue weighted by molar-refractivity contribution is 0.591. The van der Waals surface area contributed by atoms with E-state index in [-0.39, 0.29) is 5.41 Å². The van der Waals surface area contributed by atoms with E-state index < -0.39 is 0 Å². The van der Waals surface area contributed by atoms with Gasteiger partial charge in [0.2, 0.25) is 0 Å². The lowest BCUT2D eigenvalue weighted by Gasteiger charge is -2.19. The first-order chi connectivity index (χ1) is 16.4. The van der Waals surface area contributed by atoms with Crippen LogP contribution in [0.15, 0.2) is 108 Å². The van der Waals surface area contributed by atoms with E-state index in [1.165, 1.54) is 55.0 Å². The minimum Gasteiger partial charge on any atom is -0.309 e. The maximum Gasteiger partial charge on any atom is 0.0541 e. The molecule has 6 aromatic rings. The quantitative estimate of drug-likeness (QED) is 0.221. The van der Waals surface area contributed by atoms with Crippen molar-refractivity contribution in [1.29, 1.82) is 0 Å². The molecular weight excluding hydrogens is 478 g/mol. The summed E-state index contributed by atoms with van der Waals surface area (Å²) in [6.07, 6.45) is 0. The summed E-state index contributed by atoms with van der Waals surface area (Å²) in [6, 6.07) is 37.7. The van der Waals surface area contributed by atoms with Crippen molar-refractivity contribution >= 4 is 48.5 Å². The molecule has 0 N–H and O–H groups in total. The molecule has 34 heavy (non-hydrogen) atoms. The van der Waals surface area contributed by atoms with E-state index in [1.54, 1.807) is 0 Å². The first-order valence-corrected chi connectivity index (χ1v) is 12.5. The number of aromatic nitrogens is 1. The van der Waals surface area contributed by atoms with Crippen LogP contribution in [0.2, 0.25) is 0 Å². The first-order valence-electron chi connectivity index (χ1n) is 11.7. The molecule has 2 heteroatoms. The number of rotatable bonds is 2. The van der Waals surface area contributed by atoms with Crippen molar-refractivity contribution in [2.45, 2.75) is 26.2 Å². The van der Waals surface area contributed by atoms with Gasteiger partial charge in [-0.25, -0.2) is 0 Å². The molecule has 0 unspecified atom stereocenters. The Morgan fingerprint density at radius 2 is 1.24 bits per heavy atom. The van der Waals surface area contributed by atoms with Gasteiger partial charge in [-0.2, -0.15) is 0 Å². The highest BCUT2D eigenvalue weighted by Gasteiger charge is 2.19. The fourth-order valence-corrected chi connectivity index (χ4v) is 5.24. The molecule has 1 nitrogen and oxygen atoms in total. The lowest BCUT2D eigenvalue weighted by atomic mass is 9.86. The average molecular weight is 504 g/mol. The SMILES string of the molecule is CC(C)(C)c1ccc2c(c1)c1cc(-c3ccc(Br)cc3)ccc1n2-c1cccc2ccccc12. The van der Waals surface area contributed by atoms with E-state index in [0.29, 0.717) is 0 Å². The van der Waals surface area contributed by atoms with Crippen molar-refractivity contribution in [2.24, 2.45) is 0 Å². The van der Waals surface area contributed by atoms with Gasteiger partial charge in [-0.3, -0.25) is 0 Å². The predicted octanol–water partition coefficient (Wildman–Crippen LogP) is 9.66. The smallest absolute Gasteiger partial charge is 0.0541 e. The summed E-state index contributed by atoms with van der Waals surface area (Å²) in [4.78, 5) is 0. The van der Waals surface area contributed by atoms with Gasteiger partial charge < -0.3 is 4.57 Å². The number of hydrogen-bond acceptors (Lipinski definition) is 0. The summed E-state index contributed by atoms with van der Waals surface area (Å²) in [6.45, 7) is 6.85. The molecule has 0 atom stereocenters. The summed E-state index contributed by atoms with van der Waals surface area (Å²) < 4.78 is 3.53. The maximum atomic E-state index is 3.56. The molecule has 0 bridgehead atoms. The zero-order valence-electron chi connectivity index (χ0n) is 19.6. The predicted molar refractivity (Wildman–Crippen MR) is 150 cm³/mol. The van der Waals surface area contributed by atoms with Crippen molar-refractivity contribution in [2.75, 3.05) is 0 Å². The second kappa shape index (κ2) is 7.85. The molecule has 166 valence electrons. The van der Waals surface area contributed by atoms with Gasteiger partial charge in [0.1, 0.15) is 0 Å². The second-order valence-electron chi connectivity index (χ2n) is 10.1. The van der Waals surface area contributed by atoms with Crippen LogP contribution in [0, 0.1) is 0 Å². The monoisotopic (exact) mass is 503 g/mol. The zero-order valence-corrected chi connectivity index (χ0v) is 21.2. The van der Waals surface area contributed by atoms with E-state index in [9.17, 15) is 0 Å². The molecule has 0 spiro atoms. The van der Waals surface area contributed by atoms with Crippen LogP contribution in [0.25, 0.3) is 49.4 Å². The largest absolute Gasteiger partial charge is 0.309 e. The number of nitrogens with zero attached hydrogens (tertiary/aromatic N) is 1. The molecule has 0 fully saturated rings. The van der Waals surface area contributed by atoms with Crippen LogP contribution >= 0.6 is 15.9 Å². The maximum absolute atomic E-state index is 3.56. The van der Waals surface area contributed by atoms with Crippen LogP contribution in [-0.2, 0) is 5.41 Å². The van der Waals surface area contributed by atoms with Gasteiger partial charge in [-0.1, -0.05) is 97.4 Å². The molecule has 6 rings (SSSR count). The Bertz CT molecular complexity index is 1680. The fraction of sp³-hybridized carbons (Fsp3) is 0.125. The standard InChI is InChI=1S/C32H26BrN/c1-32(2,3)24-14-18-31-28(20-24)27-19-23(21-11-15-25(33)16-12-21)13-17-30(27)34(31)29-10-6-8-22-7-4-5-9-26(22)29/h4-20H,1-3H3. The third-order valence-corrected chi connectivity index (χ3v) is 7.34. The Morgan fingerprint density at radius 1 is 0.588 bits per heavy atom. The van der Waals surface area contributed by atoms with Crippen molar-refractivity contribution < 1.29 is 0 Å². The van der Waals surface area contributed by atoms with Crippen LogP contribution in [0.3, 0.4) is 0 Å². The summed E-state index contributed by atoms with van der Waals surface area (Å²) in [5, 5.41) is 5.11. The molecular formula is C32H26BrN. The van der Waals surface area contributed by atoms with Gasteiger partial charge >= 0.3 is 0 Å². The third-order valence-electron chi connectivity index (χ3n) is 6.82. The highest BCUT2D eigenvalue weighted by molar-refractivity contribution is 9.10. The summed E-state index contributed by atoms with van der Waals surface area (Å²) in [5.41, 5.74) is 7.60. The molecule has 0 aliphatic carbocycles. The van der Waals surface area contributed by atoms with E-state index >= 15 is 0 Å². The van der Waals surface area contributed by atoms with Crippen LogP contribution in [0.5, 0.6) is 0 Å². The molecule has 0 aliphatic heterocycles. The van der Waals surface area contributed by atoms with Crippen molar-refractivity contribution in [3.63, 3.8) is 0 Å². The summed E-state index contributed by atoms with van der Waals surface area (Å²) in [7, 11) is 0. The summed E-state index contributed by atoms with van der Waals surface area (Å²) in [5.74, 6) is 0. The molecule has 0 saturated carbocycles. The summed E-state index contributed by atoms with van der Waals surface area (Å²) >= 11 is 3.56. The number of hydrogen-bond donors (Lipinski definition) is 0. The van der Waals surface area contributed by atoms with Gasteiger partial charge in [0, 0.05) is 20.6 Å². The molecule has 0 aliphatic rings. The average Bonchev–Trinajstić information content (AvgIpc) is 3.16. The van der Waals surface area contributed by atoms with Crippen LogP contribution in [-0.4, -0.2) is 4.57 Å². The van der Waals surface area contributed by atoms with E-state index in [0.717, 1.165) is 4.47 Å². The van der Waals surface area contributed by atoms with Gasteiger partial charge in [0.15, 0.2) is 0 Å². The molecule has 5 aromatic carbocycles. The van der Waals surface area contributed by atoms with Crippen LogP contribution in [0.1, 0.15) is 26.3 Å². The zero-order chi connectivity index (χ0) is 23.4. The normalized spacial score (nSPS) is 12.1. The molecule has 0 amide bonds. The third kappa shape index (κ3) is 3.45.